The third kappa shape index (κ3) is 1.99. The number of nitrogen functional groups attached to an aromatic ring is 1. The number of furan rings is 1. The van der Waals surface area contributed by atoms with Crippen LogP contribution in [0.1, 0.15) is 11.5 Å². The van der Waals surface area contributed by atoms with Gasteiger partial charge >= 0.3 is 0 Å². The second-order valence-corrected chi connectivity index (χ2v) is 4.76. The van der Waals surface area contributed by atoms with Crippen molar-refractivity contribution < 1.29 is 8.94 Å². The molecule has 0 bridgehead atoms. The largest absolute Gasteiger partial charge is 0.463 e. The van der Waals surface area contributed by atoms with Crippen LogP contribution in [0.3, 0.4) is 0 Å². The molecule has 4 rings (SSSR count). The number of hydrogen-bond acceptors (Lipinski definition) is 8. The van der Waals surface area contributed by atoms with Crippen molar-refractivity contribution in [1.82, 2.24) is 30.1 Å². The predicted octanol–water partition coefficient (Wildman–Crippen LogP) is 1.41. The molecule has 4 aromatic rings. The van der Waals surface area contributed by atoms with Crippen LogP contribution in [0.5, 0.6) is 0 Å². The van der Waals surface area contributed by atoms with Gasteiger partial charge in [0, 0.05) is 6.07 Å². The molecule has 0 amide bonds. The van der Waals surface area contributed by atoms with Crippen LogP contribution in [0.25, 0.3) is 22.6 Å². The zero-order valence-electron chi connectivity index (χ0n) is 11.6. The Labute approximate surface area is 123 Å². The zero-order chi connectivity index (χ0) is 15.1. The molecule has 9 heteroatoms. The Morgan fingerprint density at radius 1 is 1.32 bits per heavy atom. The van der Waals surface area contributed by atoms with E-state index in [0.717, 1.165) is 11.5 Å². The Kier molecular flexibility index (Phi) is 2.65. The van der Waals surface area contributed by atoms with E-state index in [-0.39, 0.29) is 5.95 Å². The quantitative estimate of drug-likeness (QED) is 0.602. The molecular formula is C13H11N7O2. The summed E-state index contributed by atoms with van der Waals surface area (Å²) in [5, 5.41) is 12.2. The van der Waals surface area contributed by atoms with Crippen molar-refractivity contribution >= 4 is 17.1 Å². The molecule has 0 spiro atoms. The van der Waals surface area contributed by atoms with Crippen molar-refractivity contribution in [2.75, 3.05) is 5.73 Å². The molecular weight excluding hydrogens is 286 g/mol. The average Bonchev–Trinajstić information content (AvgIpc) is 3.21. The fraction of sp³-hybridized carbons (Fsp3) is 0.154. The first kappa shape index (κ1) is 12.5. The van der Waals surface area contributed by atoms with Gasteiger partial charge < -0.3 is 14.7 Å². The Balaban J connectivity index is 1.85. The molecule has 0 radical (unpaired) electrons. The minimum atomic E-state index is 0.124. The highest BCUT2D eigenvalue weighted by Gasteiger charge is 2.17. The summed E-state index contributed by atoms with van der Waals surface area (Å²) in [6.07, 6.45) is 1.56. The minimum absolute atomic E-state index is 0.124. The lowest BCUT2D eigenvalue weighted by Crippen LogP contribution is -2.05. The molecule has 110 valence electrons. The van der Waals surface area contributed by atoms with Crippen LogP contribution >= 0.6 is 0 Å². The highest BCUT2D eigenvalue weighted by molar-refractivity contribution is 5.85. The summed E-state index contributed by atoms with van der Waals surface area (Å²) in [4.78, 5) is 8.40. The summed E-state index contributed by atoms with van der Waals surface area (Å²) in [6, 6.07) is 5.37. The van der Waals surface area contributed by atoms with E-state index in [9.17, 15) is 0 Å². The monoisotopic (exact) mass is 297 g/mol. The van der Waals surface area contributed by atoms with Gasteiger partial charge in [0.05, 0.1) is 12.8 Å². The van der Waals surface area contributed by atoms with E-state index < -0.39 is 0 Å². The van der Waals surface area contributed by atoms with Crippen molar-refractivity contribution in [1.29, 1.82) is 0 Å². The zero-order valence-corrected chi connectivity index (χ0v) is 11.6. The standard InChI is InChI=1S/C13H11N7O2/c1-7-5-8(18-22-7)6-20-12-11(17-19-20)10(15-13(14)16-12)9-3-2-4-21-9/h2-5H,6H2,1H3,(H2,14,15,16). The molecule has 0 fully saturated rings. The van der Waals surface area contributed by atoms with Crippen molar-refractivity contribution in [2.24, 2.45) is 0 Å². The van der Waals surface area contributed by atoms with Gasteiger partial charge in [-0.3, -0.25) is 0 Å². The van der Waals surface area contributed by atoms with Gasteiger partial charge in [0.25, 0.3) is 0 Å². The van der Waals surface area contributed by atoms with Gasteiger partial charge in [0.2, 0.25) is 5.95 Å². The Morgan fingerprint density at radius 2 is 2.23 bits per heavy atom. The van der Waals surface area contributed by atoms with E-state index in [1.165, 1.54) is 0 Å². The number of hydrogen-bond donors (Lipinski definition) is 1. The van der Waals surface area contributed by atoms with Crippen molar-refractivity contribution in [3.05, 3.63) is 35.9 Å². The molecule has 4 aromatic heterocycles. The fourth-order valence-corrected chi connectivity index (χ4v) is 2.21. The summed E-state index contributed by atoms with van der Waals surface area (Å²) < 4.78 is 12.0. The second-order valence-electron chi connectivity index (χ2n) is 4.76. The molecule has 0 saturated carbocycles. The first-order chi connectivity index (χ1) is 10.7. The van der Waals surface area contributed by atoms with Crippen LogP contribution in [-0.2, 0) is 6.54 Å². The summed E-state index contributed by atoms with van der Waals surface area (Å²) in [5.74, 6) is 1.41. The fourth-order valence-electron chi connectivity index (χ4n) is 2.21. The maximum atomic E-state index is 5.79. The highest BCUT2D eigenvalue weighted by Crippen LogP contribution is 2.25. The topological polar surface area (TPSA) is 122 Å². The molecule has 0 saturated heterocycles. The summed E-state index contributed by atoms with van der Waals surface area (Å²) >= 11 is 0. The van der Waals surface area contributed by atoms with Crippen molar-refractivity contribution in [3.8, 4) is 11.5 Å². The van der Waals surface area contributed by atoms with Gasteiger partial charge in [0.1, 0.15) is 17.1 Å². The van der Waals surface area contributed by atoms with E-state index in [0.29, 0.717) is 29.2 Å². The first-order valence-electron chi connectivity index (χ1n) is 6.53. The number of fused-ring (bicyclic) bond motifs is 1. The Hall–Kier alpha value is -3.23. The third-order valence-electron chi connectivity index (χ3n) is 3.12. The lowest BCUT2D eigenvalue weighted by molar-refractivity contribution is 0.388. The van der Waals surface area contributed by atoms with E-state index in [1.807, 2.05) is 13.0 Å². The molecule has 0 aliphatic rings. The predicted molar refractivity (Wildman–Crippen MR) is 75.6 cm³/mol. The van der Waals surface area contributed by atoms with Gasteiger partial charge in [-0.05, 0) is 19.1 Å². The van der Waals surface area contributed by atoms with E-state index in [4.69, 9.17) is 14.7 Å². The number of anilines is 1. The minimum Gasteiger partial charge on any atom is -0.463 e. The SMILES string of the molecule is Cc1cc(Cn2nnc3c(-c4ccco4)nc(N)nc32)no1. The van der Waals surface area contributed by atoms with E-state index in [1.54, 1.807) is 23.1 Å². The first-order valence-corrected chi connectivity index (χ1v) is 6.53. The lowest BCUT2D eigenvalue weighted by Gasteiger charge is -2.01. The van der Waals surface area contributed by atoms with Crippen LogP contribution in [0.15, 0.2) is 33.4 Å². The Bertz CT molecular complexity index is 939. The second kappa shape index (κ2) is 4.65. The summed E-state index contributed by atoms with van der Waals surface area (Å²) in [5.41, 5.74) is 8.05. The number of nitrogens with two attached hydrogens (primary N) is 1. The number of aromatic nitrogens is 6. The number of rotatable bonds is 3. The highest BCUT2D eigenvalue weighted by atomic mass is 16.5. The van der Waals surface area contributed by atoms with Crippen LogP contribution < -0.4 is 5.73 Å². The third-order valence-corrected chi connectivity index (χ3v) is 3.12. The van der Waals surface area contributed by atoms with Gasteiger partial charge in [-0.2, -0.15) is 4.98 Å². The van der Waals surface area contributed by atoms with Gasteiger partial charge in [-0.15, -0.1) is 5.10 Å². The van der Waals surface area contributed by atoms with Crippen LogP contribution in [-0.4, -0.2) is 30.1 Å². The van der Waals surface area contributed by atoms with Gasteiger partial charge in [0.15, 0.2) is 16.9 Å². The summed E-state index contributed by atoms with van der Waals surface area (Å²) in [7, 11) is 0. The molecule has 0 aromatic carbocycles. The molecule has 22 heavy (non-hydrogen) atoms. The van der Waals surface area contributed by atoms with Crippen LogP contribution in [0.2, 0.25) is 0 Å². The smallest absolute Gasteiger partial charge is 0.222 e. The molecule has 0 atom stereocenters. The Morgan fingerprint density at radius 3 is 2.95 bits per heavy atom. The molecule has 9 nitrogen and oxygen atoms in total. The van der Waals surface area contributed by atoms with Crippen molar-refractivity contribution in [2.45, 2.75) is 13.5 Å². The number of aryl methyl sites for hydroxylation is 1. The number of nitrogens with zero attached hydrogens (tertiary/aromatic N) is 6. The summed E-state index contributed by atoms with van der Waals surface area (Å²) in [6.45, 7) is 2.20. The lowest BCUT2D eigenvalue weighted by atomic mass is 10.3. The normalized spacial score (nSPS) is 11.3. The van der Waals surface area contributed by atoms with Crippen LogP contribution in [0, 0.1) is 6.92 Å². The van der Waals surface area contributed by atoms with E-state index in [2.05, 4.69) is 25.4 Å². The van der Waals surface area contributed by atoms with Gasteiger partial charge in [-0.1, -0.05) is 10.4 Å². The van der Waals surface area contributed by atoms with Crippen molar-refractivity contribution in [3.63, 3.8) is 0 Å². The molecule has 0 unspecified atom stereocenters. The van der Waals surface area contributed by atoms with Crippen LogP contribution in [0.4, 0.5) is 5.95 Å². The molecule has 0 aliphatic carbocycles. The average molecular weight is 297 g/mol. The van der Waals surface area contributed by atoms with Gasteiger partial charge in [-0.25, -0.2) is 9.67 Å². The molecule has 0 aliphatic heterocycles. The molecule has 2 N–H and O–H groups in total. The maximum Gasteiger partial charge on any atom is 0.222 e. The van der Waals surface area contributed by atoms with E-state index >= 15 is 0 Å². The molecule has 4 heterocycles. The maximum absolute atomic E-state index is 5.79.